The summed E-state index contributed by atoms with van der Waals surface area (Å²) >= 11 is 6.02. The summed E-state index contributed by atoms with van der Waals surface area (Å²) in [7, 11) is 1.88. The Kier molecular flexibility index (Phi) is 3.59. The van der Waals surface area contributed by atoms with E-state index in [1.807, 2.05) is 17.7 Å². The molecule has 0 amide bonds. The van der Waals surface area contributed by atoms with Gasteiger partial charge in [-0.1, -0.05) is 17.7 Å². The first-order valence-electron chi connectivity index (χ1n) is 6.84. The van der Waals surface area contributed by atoms with E-state index in [1.54, 1.807) is 18.3 Å². The monoisotopic (exact) mass is 305 g/mol. The summed E-state index contributed by atoms with van der Waals surface area (Å²) in [5.74, 6) is 0.00214. The Hall–Kier alpha value is -2.01. The van der Waals surface area contributed by atoms with Gasteiger partial charge in [0.05, 0.1) is 18.3 Å². The first-order valence-corrected chi connectivity index (χ1v) is 7.22. The highest BCUT2D eigenvalue weighted by Gasteiger charge is 2.23. The van der Waals surface area contributed by atoms with Gasteiger partial charge in [-0.2, -0.15) is 0 Å². The second-order valence-corrected chi connectivity index (χ2v) is 5.58. The molecule has 1 aromatic carbocycles. The summed E-state index contributed by atoms with van der Waals surface area (Å²) in [5.41, 5.74) is 2.30. The number of benzene rings is 1. The van der Waals surface area contributed by atoms with Crippen LogP contribution in [0.1, 0.15) is 28.2 Å². The molecule has 0 saturated carbocycles. The van der Waals surface area contributed by atoms with E-state index in [4.69, 9.17) is 11.6 Å². The molecule has 110 valence electrons. The highest BCUT2D eigenvalue weighted by molar-refractivity contribution is 6.29. The minimum atomic E-state index is -0.867. The van der Waals surface area contributed by atoms with Gasteiger partial charge < -0.3 is 14.6 Å². The fourth-order valence-electron chi connectivity index (χ4n) is 2.81. The number of rotatable bonds is 3. The summed E-state index contributed by atoms with van der Waals surface area (Å²) in [4.78, 5) is 17.8. The number of aromatic nitrogens is 2. The number of carbonyl (C=O) groups is 1. The van der Waals surface area contributed by atoms with E-state index < -0.39 is 5.97 Å². The van der Waals surface area contributed by atoms with Crippen LogP contribution in [0.2, 0.25) is 5.15 Å². The van der Waals surface area contributed by atoms with Crippen LogP contribution in [0.3, 0.4) is 0 Å². The third kappa shape index (κ3) is 2.49. The Bertz CT molecular complexity index is 696. The van der Waals surface area contributed by atoms with E-state index in [0.29, 0.717) is 17.3 Å². The molecule has 0 spiro atoms. The molecule has 1 aliphatic rings. The molecule has 1 aromatic heterocycles. The highest BCUT2D eigenvalue weighted by Crippen LogP contribution is 2.31. The third-order valence-electron chi connectivity index (χ3n) is 3.94. The van der Waals surface area contributed by atoms with Crippen LogP contribution in [-0.2, 0) is 20.0 Å². The van der Waals surface area contributed by atoms with Crippen LogP contribution in [0.25, 0.3) is 0 Å². The van der Waals surface area contributed by atoms with E-state index in [1.165, 1.54) is 0 Å². The van der Waals surface area contributed by atoms with Gasteiger partial charge in [-0.05, 0) is 30.5 Å². The SMILES string of the molecule is Cn1c(Cl)cnc1CN1CCCc2c(C(=O)O)cccc21. The molecule has 0 atom stereocenters. The number of imidazole rings is 1. The number of halogens is 1. The molecule has 0 bridgehead atoms. The Labute approximate surface area is 127 Å². The van der Waals surface area contributed by atoms with Crippen LogP contribution in [0, 0.1) is 0 Å². The van der Waals surface area contributed by atoms with Crippen LogP contribution in [0.15, 0.2) is 24.4 Å². The van der Waals surface area contributed by atoms with Gasteiger partial charge in [-0.3, -0.25) is 0 Å². The number of hydrogen-bond acceptors (Lipinski definition) is 3. The van der Waals surface area contributed by atoms with Crippen molar-refractivity contribution in [2.45, 2.75) is 19.4 Å². The van der Waals surface area contributed by atoms with E-state index in [2.05, 4.69) is 9.88 Å². The minimum Gasteiger partial charge on any atom is -0.478 e. The molecule has 1 aliphatic heterocycles. The van der Waals surface area contributed by atoms with Crippen molar-refractivity contribution in [3.05, 3.63) is 46.5 Å². The van der Waals surface area contributed by atoms with Crippen molar-refractivity contribution in [3.8, 4) is 0 Å². The molecule has 0 aliphatic carbocycles. The molecule has 0 fully saturated rings. The van der Waals surface area contributed by atoms with E-state index in [0.717, 1.165) is 36.5 Å². The second-order valence-electron chi connectivity index (χ2n) is 5.19. The molecular formula is C15H16ClN3O2. The summed E-state index contributed by atoms with van der Waals surface area (Å²) in [5, 5.41) is 9.91. The number of hydrogen-bond donors (Lipinski definition) is 1. The quantitative estimate of drug-likeness (QED) is 0.947. The van der Waals surface area contributed by atoms with Crippen LogP contribution in [-0.4, -0.2) is 27.2 Å². The van der Waals surface area contributed by atoms with Gasteiger partial charge in [0.1, 0.15) is 11.0 Å². The van der Waals surface area contributed by atoms with Crippen molar-refractivity contribution in [1.29, 1.82) is 0 Å². The van der Waals surface area contributed by atoms with Gasteiger partial charge >= 0.3 is 5.97 Å². The third-order valence-corrected chi connectivity index (χ3v) is 4.29. The van der Waals surface area contributed by atoms with Gasteiger partial charge in [-0.25, -0.2) is 9.78 Å². The summed E-state index contributed by atoms with van der Waals surface area (Å²) in [6.07, 6.45) is 3.38. The first kappa shape index (κ1) is 13.9. The Morgan fingerprint density at radius 1 is 1.48 bits per heavy atom. The zero-order valence-electron chi connectivity index (χ0n) is 11.7. The fourth-order valence-corrected chi connectivity index (χ4v) is 2.95. The highest BCUT2D eigenvalue weighted by atomic mass is 35.5. The van der Waals surface area contributed by atoms with Crippen molar-refractivity contribution in [3.63, 3.8) is 0 Å². The number of anilines is 1. The topological polar surface area (TPSA) is 58.4 Å². The van der Waals surface area contributed by atoms with Crippen LogP contribution >= 0.6 is 11.6 Å². The van der Waals surface area contributed by atoms with Crippen molar-refractivity contribution >= 4 is 23.3 Å². The van der Waals surface area contributed by atoms with Crippen LogP contribution in [0.5, 0.6) is 0 Å². The van der Waals surface area contributed by atoms with Gasteiger partial charge in [0.15, 0.2) is 0 Å². The number of carboxylic acid groups (broad SMARTS) is 1. The predicted octanol–water partition coefficient (Wildman–Crippen LogP) is 2.72. The summed E-state index contributed by atoms with van der Waals surface area (Å²) in [6, 6.07) is 5.44. The molecule has 2 aromatic rings. The summed E-state index contributed by atoms with van der Waals surface area (Å²) in [6.45, 7) is 1.51. The van der Waals surface area contributed by atoms with Crippen LogP contribution < -0.4 is 4.90 Å². The molecule has 3 rings (SSSR count). The lowest BCUT2D eigenvalue weighted by molar-refractivity contribution is 0.0695. The standard InChI is InChI=1S/C15H16ClN3O2/c1-18-13(16)8-17-14(18)9-19-7-3-5-10-11(15(20)21)4-2-6-12(10)19/h2,4,6,8H,3,5,7,9H2,1H3,(H,20,21). The zero-order chi connectivity index (χ0) is 15.0. The summed E-state index contributed by atoms with van der Waals surface area (Å²) < 4.78 is 1.84. The second kappa shape index (κ2) is 5.41. The maximum Gasteiger partial charge on any atom is 0.336 e. The largest absolute Gasteiger partial charge is 0.478 e. The molecule has 6 heteroatoms. The van der Waals surface area contributed by atoms with Gasteiger partial charge in [-0.15, -0.1) is 0 Å². The lowest BCUT2D eigenvalue weighted by Gasteiger charge is -2.31. The van der Waals surface area contributed by atoms with Crippen LogP contribution in [0.4, 0.5) is 5.69 Å². The number of fused-ring (bicyclic) bond motifs is 1. The fraction of sp³-hybridized carbons (Fsp3) is 0.333. The molecule has 0 saturated heterocycles. The van der Waals surface area contributed by atoms with Gasteiger partial charge in [0, 0.05) is 19.3 Å². The smallest absolute Gasteiger partial charge is 0.336 e. The number of carboxylic acids is 1. The van der Waals surface area contributed by atoms with Crippen molar-refractivity contribution < 1.29 is 9.90 Å². The average molecular weight is 306 g/mol. The maximum atomic E-state index is 11.3. The van der Waals surface area contributed by atoms with Crippen molar-refractivity contribution in [2.75, 3.05) is 11.4 Å². The Morgan fingerprint density at radius 3 is 2.95 bits per heavy atom. The van der Waals surface area contributed by atoms with E-state index >= 15 is 0 Å². The predicted molar refractivity (Wildman–Crippen MR) is 81.0 cm³/mol. The van der Waals surface area contributed by atoms with Gasteiger partial charge in [0.2, 0.25) is 0 Å². The number of aromatic carboxylic acids is 1. The maximum absolute atomic E-state index is 11.3. The minimum absolute atomic E-state index is 0.398. The molecule has 21 heavy (non-hydrogen) atoms. The first-order chi connectivity index (χ1) is 10.1. The average Bonchev–Trinajstić information content (AvgIpc) is 2.79. The normalized spacial score (nSPS) is 14.1. The molecule has 5 nitrogen and oxygen atoms in total. The van der Waals surface area contributed by atoms with Crippen molar-refractivity contribution in [2.24, 2.45) is 7.05 Å². The lowest BCUT2D eigenvalue weighted by Crippen LogP contribution is -2.30. The molecule has 0 radical (unpaired) electrons. The molecular weight excluding hydrogens is 290 g/mol. The zero-order valence-corrected chi connectivity index (χ0v) is 12.5. The number of nitrogens with zero attached hydrogens (tertiary/aromatic N) is 3. The lowest BCUT2D eigenvalue weighted by atomic mass is 9.96. The van der Waals surface area contributed by atoms with E-state index in [-0.39, 0.29) is 0 Å². The van der Waals surface area contributed by atoms with Crippen molar-refractivity contribution in [1.82, 2.24) is 9.55 Å². The Morgan fingerprint density at radius 2 is 2.29 bits per heavy atom. The van der Waals surface area contributed by atoms with Gasteiger partial charge in [0.25, 0.3) is 0 Å². The molecule has 1 N–H and O–H groups in total. The molecule has 0 unspecified atom stereocenters. The Balaban J connectivity index is 1.96. The molecule has 2 heterocycles. The van der Waals surface area contributed by atoms with E-state index in [9.17, 15) is 9.90 Å².